The van der Waals surface area contributed by atoms with E-state index in [1.54, 1.807) is 18.2 Å². The Hall–Kier alpha value is -1.04. The van der Waals surface area contributed by atoms with Crippen LogP contribution in [0.3, 0.4) is 0 Å². The van der Waals surface area contributed by atoms with Crippen LogP contribution in [0.1, 0.15) is 37.4 Å². The molecule has 3 heteroatoms. The Morgan fingerprint density at radius 1 is 1.38 bits per heavy atom. The van der Waals surface area contributed by atoms with Crippen LogP contribution in [0, 0.1) is 16.7 Å². The third-order valence-corrected chi connectivity index (χ3v) is 3.64. The predicted octanol–water partition coefficient (Wildman–Crippen LogP) is 3.46. The number of aliphatic hydroxyl groups is 1. The molecule has 2 nitrogen and oxygen atoms in total. The molecule has 16 heavy (non-hydrogen) atoms. The van der Waals surface area contributed by atoms with Gasteiger partial charge in [0.15, 0.2) is 0 Å². The van der Waals surface area contributed by atoms with Crippen LogP contribution < -0.4 is 0 Å². The van der Waals surface area contributed by atoms with Crippen molar-refractivity contribution in [2.45, 2.75) is 31.8 Å². The van der Waals surface area contributed by atoms with Gasteiger partial charge in [-0.2, -0.15) is 5.26 Å². The molecule has 1 atom stereocenters. The summed E-state index contributed by atoms with van der Waals surface area (Å²) >= 11 is 5.89. The van der Waals surface area contributed by atoms with Gasteiger partial charge in [0.05, 0.1) is 17.6 Å². The average molecular weight is 236 g/mol. The van der Waals surface area contributed by atoms with Crippen LogP contribution in [0.5, 0.6) is 0 Å². The molecule has 1 N–H and O–H groups in total. The van der Waals surface area contributed by atoms with E-state index < -0.39 is 11.5 Å². The molecule has 1 aliphatic rings. The molecule has 0 amide bonds. The fraction of sp³-hybridized carbons (Fsp3) is 0.462. The molecule has 0 saturated heterocycles. The number of nitrogens with zero attached hydrogens (tertiary/aromatic N) is 1. The first-order chi connectivity index (χ1) is 7.68. The van der Waals surface area contributed by atoms with Crippen LogP contribution in [0.15, 0.2) is 24.3 Å². The second-order valence-electron chi connectivity index (χ2n) is 4.43. The van der Waals surface area contributed by atoms with Crippen LogP contribution >= 0.6 is 11.6 Å². The molecule has 2 rings (SSSR count). The first-order valence-electron chi connectivity index (χ1n) is 5.53. The summed E-state index contributed by atoms with van der Waals surface area (Å²) in [7, 11) is 0. The number of hydrogen-bond acceptors (Lipinski definition) is 2. The van der Waals surface area contributed by atoms with Crippen molar-refractivity contribution in [3.05, 3.63) is 34.9 Å². The first kappa shape index (κ1) is 11.4. The topological polar surface area (TPSA) is 44.0 Å². The summed E-state index contributed by atoms with van der Waals surface area (Å²) in [5.41, 5.74) is 0.140. The minimum Gasteiger partial charge on any atom is -0.387 e. The van der Waals surface area contributed by atoms with E-state index in [0.717, 1.165) is 31.2 Å². The van der Waals surface area contributed by atoms with E-state index in [-0.39, 0.29) is 0 Å². The number of halogens is 1. The number of nitriles is 1. The highest BCUT2D eigenvalue weighted by Crippen LogP contribution is 2.47. The van der Waals surface area contributed by atoms with Crippen LogP contribution in [0.2, 0.25) is 5.02 Å². The maximum Gasteiger partial charge on any atom is 0.0976 e. The van der Waals surface area contributed by atoms with E-state index in [4.69, 9.17) is 11.6 Å². The molecule has 1 aromatic carbocycles. The van der Waals surface area contributed by atoms with Gasteiger partial charge in [-0.3, -0.25) is 0 Å². The lowest BCUT2D eigenvalue weighted by atomic mass is 9.79. The zero-order valence-corrected chi connectivity index (χ0v) is 9.74. The number of aliphatic hydroxyl groups excluding tert-OH is 1. The van der Waals surface area contributed by atoms with Gasteiger partial charge in [0, 0.05) is 5.02 Å². The summed E-state index contributed by atoms with van der Waals surface area (Å²) in [6, 6.07) is 9.44. The van der Waals surface area contributed by atoms with Crippen molar-refractivity contribution in [1.29, 1.82) is 5.26 Å². The summed E-state index contributed by atoms with van der Waals surface area (Å²) in [5.74, 6) is 0. The summed E-state index contributed by atoms with van der Waals surface area (Å²) in [5, 5.41) is 20.2. The summed E-state index contributed by atoms with van der Waals surface area (Å²) in [4.78, 5) is 0. The highest BCUT2D eigenvalue weighted by atomic mass is 35.5. The molecule has 1 fully saturated rings. The largest absolute Gasteiger partial charge is 0.387 e. The SMILES string of the molecule is N#CC1(C(O)c2cccc(Cl)c2)CCCC1. The van der Waals surface area contributed by atoms with Crippen molar-refractivity contribution in [3.8, 4) is 6.07 Å². The van der Waals surface area contributed by atoms with Gasteiger partial charge in [-0.25, -0.2) is 0 Å². The normalized spacial score (nSPS) is 20.3. The third-order valence-electron chi connectivity index (χ3n) is 3.41. The lowest BCUT2D eigenvalue weighted by Gasteiger charge is -2.27. The quantitative estimate of drug-likeness (QED) is 0.853. The summed E-state index contributed by atoms with van der Waals surface area (Å²) in [6.45, 7) is 0. The Morgan fingerprint density at radius 3 is 2.62 bits per heavy atom. The first-order valence-corrected chi connectivity index (χ1v) is 5.90. The molecule has 0 heterocycles. The second kappa shape index (κ2) is 4.45. The van der Waals surface area contributed by atoms with Crippen molar-refractivity contribution < 1.29 is 5.11 Å². The van der Waals surface area contributed by atoms with Crippen LogP contribution in [-0.2, 0) is 0 Å². The Balaban J connectivity index is 2.31. The van der Waals surface area contributed by atoms with Gasteiger partial charge in [-0.1, -0.05) is 36.6 Å². The lowest BCUT2D eigenvalue weighted by Crippen LogP contribution is -2.23. The smallest absolute Gasteiger partial charge is 0.0976 e. The molecule has 1 aromatic rings. The Labute approximate surface area is 100 Å². The highest BCUT2D eigenvalue weighted by Gasteiger charge is 2.41. The minimum atomic E-state index is -0.723. The van der Waals surface area contributed by atoms with Gasteiger partial charge in [-0.15, -0.1) is 0 Å². The standard InChI is InChI=1S/C13H14ClNO/c14-11-5-3-4-10(8-11)12(16)13(9-15)6-1-2-7-13/h3-5,8,12,16H,1-2,6-7H2. The van der Waals surface area contributed by atoms with Crippen molar-refractivity contribution in [2.24, 2.45) is 5.41 Å². The van der Waals surface area contributed by atoms with E-state index in [9.17, 15) is 10.4 Å². The number of benzene rings is 1. The van der Waals surface area contributed by atoms with Crippen molar-refractivity contribution >= 4 is 11.6 Å². The van der Waals surface area contributed by atoms with Crippen molar-refractivity contribution in [1.82, 2.24) is 0 Å². The molecule has 1 aliphatic carbocycles. The molecule has 1 unspecified atom stereocenters. The van der Waals surface area contributed by atoms with Crippen LogP contribution in [-0.4, -0.2) is 5.11 Å². The lowest BCUT2D eigenvalue weighted by molar-refractivity contribution is 0.0671. The molecular weight excluding hydrogens is 222 g/mol. The van der Waals surface area contributed by atoms with Gasteiger partial charge in [-0.05, 0) is 30.5 Å². The fourth-order valence-electron chi connectivity index (χ4n) is 2.45. The monoisotopic (exact) mass is 235 g/mol. The van der Waals surface area contributed by atoms with Crippen LogP contribution in [0.4, 0.5) is 0 Å². The number of rotatable bonds is 2. The summed E-state index contributed by atoms with van der Waals surface area (Å²) in [6.07, 6.45) is 2.86. The van der Waals surface area contributed by atoms with E-state index >= 15 is 0 Å². The fourth-order valence-corrected chi connectivity index (χ4v) is 2.65. The molecule has 0 aliphatic heterocycles. The predicted molar refractivity (Wildman–Crippen MR) is 62.9 cm³/mol. The molecular formula is C13H14ClNO. The Bertz CT molecular complexity index is 418. The highest BCUT2D eigenvalue weighted by molar-refractivity contribution is 6.30. The molecule has 1 saturated carbocycles. The van der Waals surface area contributed by atoms with Gasteiger partial charge < -0.3 is 5.11 Å². The molecule has 84 valence electrons. The average Bonchev–Trinajstić information content (AvgIpc) is 2.78. The van der Waals surface area contributed by atoms with E-state index in [1.165, 1.54) is 0 Å². The van der Waals surface area contributed by atoms with Gasteiger partial charge >= 0.3 is 0 Å². The maximum absolute atomic E-state index is 10.3. The number of hydrogen-bond donors (Lipinski definition) is 1. The van der Waals surface area contributed by atoms with Crippen molar-refractivity contribution in [2.75, 3.05) is 0 Å². The zero-order chi connectivity index (χ0) is 11.6. The second-order valence-corrected chi connectivity index (χ2v) is 4.87. The minimum absolute atomic E-state index is 0.600. The van der Waals surface area contributed by atoms with Gasteiger partial charge in [0.1, 0.15) is 0 Å². The zero-order valence-electron chi connectivity index (χ0n) is 8.99. The molecule has 0 aromatic heterocycles. The Morgan fingerprint density at radius 2 is 2.06 bits per heavy atom. The molecule has 0 radical (unpaired) electrons. The van der Waals surface area contributed by atoms with Crippen molar-refractivity contribution in [3.63, 3.8) is 0 Å². The van der Waals surface area contributed by atoms with E-state index in [0.29, 0.717) is 5.02 Å². The maximum atomic E-state index is 10.3. The molecule has 0 bridgehead atoms. The van der Waals surface area contributed by atoms with E-state index in [1.807, 2.05) is 6.07 Å². The van der Waals surface area contributed by atoms with Crippen LogP contribution in [0.25, 0.3) is 0 Å². The van der Waals surface area contributed by atoms with Gasteiger partial charge in [0.2, 0.25) is 0 Å². The molecule has 0 spiro atoms. The Kier molecular flexibility index (Phi) is 3.18. The van der Waals surface area contributed by atoms with Gasteiger partial charge in [0.25, 0.3) is 0 Å². The third kappa shape index (κ3) is 1.93. The van der Waals surface area contributed by atoms with E-state index in [2.05, 4.69) is 6.07 Å². The summed E-state index contributed by atoms with van der Waals surface area (Å²) < 4.78 is 0.